The van der Waals surface area contributed by atoms with Gasteiger partial charge in [0.25, 0.3) is 0 Å². The SMILES string of the molecule is COC1OC1c1ccccc1S. The second-order valence-electron chi connectivity index (χ2n) is 2.72. The second kappa shape index (κ2) is 3.09. The van der Waals surface area contributed by atoms with E-state index >= 15 is 0 Å². The molecule has 0 radical (unpaired) electrons. The van der Waals surface area contributed by atoms with Crippen LogP contribution in [0.1, 0.15) is 11.7 Å². The molecule has 0 aliphatic carbocycles. The Bertz CT molecular complexity index is 288. The Kier molecular flexibility index (Phi) is 2.09. The van der Waals surface area contributed by atoms with E-state index in [-0.39, 0.29) is 12.4 Å². The zero-order valence-electron chi connectivity index (χ0n) is 6.73. The Hall–Kier alpha value is -0.510. The summed E-state index contributed by atoms with van der Waals surface area (Å²) in [5.74, 6) is 0. The molecule has 1 aromatic carbocycles. The summed E-state index contributed by atoms with van der Waals surface area (Å²) in [5, 5.41) is 0. The van der Waals surface area contributed by atoms with Crippen LogP contribution in [0.4, 0.5) is 0 Å². The first-order valence-electron chi connectivity index (χ1n) is 3.79. The molecule has 0 bridgehead atoms. The van der Waals surface area contributed by atoms with E-state index in [4.69, 9.17) is 9.47 Å². The molecule has 2 unspecified atom stereocenters. The van der Waals surface area contributed by atoms with Crippen molar-refractivity contribution in [3.8, 4) is 0 Å². The van der Waals surface area contributed by atoms with Gasteiger partial charge in [0.2, 0.25) is 0 Å². The monoisotopic (exact) mass is 182 g/mol. The summed E-state index contributed by atoms with van der Waals surface area (Å²) in [6.07, 6.45) is 0.0157. The summed E-state index contributed by atoms with van der Waals surface area (Å²) < 4.78 is 10.3. The number of hydrogen-bond acceptors (Lipinski definition) is 3. The van der Waals surface area contributed by atoms with Gasteiger partial charge >= 0.3 is 0 Å². The molecular weight excluding hydrogens is 172 g/mol. The quantitative estimate of drug-likeness (QED) is 0.558. The summed E-state index contributed by atoms with van der Waals surface area (Å²) in [6, 6.07) is 7.89. The molecule has 1 aliphatic rings. The van der Waals surface area contributed by atoms with Gasteiger partial charge in [-0.2, -0.15) is 0 Å². The Morgan fingerprint density at radius 3 is 2.75 bits per heavy atom. The maximum absolute atomic E-state index is 5.26. The molecule has 1 aliphatic heterocycles. The number of rotatable bonds is 2. The van der Waals surface area contributed by atoms with Crippen LogP contribution in [0.25, 0.3) is 0 Å². The Morgan fingerprint density at radius 1 is 1.42 bits per heavy atom. The number of benzene rings is 1. The van der Waals surface area contributed by atoms with Gasteiger partial charge in [-0.05, 0) is 11.6 Å². The van der Waals surface area contributed by atoms with Gasteiger partial charge < -0.3 is 9.47 Å². The lowest BCUT2D eigenvalue weighted by atomic mass is 10.1. The van der Waals surface area contributed by atoms with Crippen molar-refractivity contribution in [3.63, 3.8) is 0 Å². The summed E-state index contributed by atoms with van der Waals surface area (Å²) in [7, 11) is 1.64. The lowest BCUT2D eigenvalue weighted by molar-refractivity contribution is 0.0950. The molecule has 3 heteroatoms. The topological polar surface area (TPSA) is 21.8 Å². The fraction of sp³-hybridized carbons (Fsp3) is 0.333. The van der Waals surface area contributed by atoms with Gasteiger partial charge in [-0.25, -0.2) is 0 Å². The Labute approximate surface area is 76.9 Å². The Balaban J connectivity index is 2.19. The van der Waals surface area contributed by atoms with Gasteiger partial charge in [-0.15, -0.1) is 12.6 Å². The van der Waals surface area contributed by atoms with Crippen LogP contribution in [0.3, 0.4) is 0 Å². The third-order valence-corrected chi connectivity index (χ3v) is 2.33. The molecule has 1 heterocycles. The van der Waals surface area contributed by atoms with Crippen molar-refractivity contribution in [2.45, 2.75) is 17.3 Å². The van der Waals surface area contributed by atoms with Gasteiger partial charge in [0.1, 0.15) is 6.10 Å². The largest absolute Gasteiger partial charge is 0.353 e. The fourth-order valence-electron chi connectivity index (χ4n) is 1.23. The highest BCUT2D eigenvalue weighted by Crippen LogP contribution is 2.41. The molecule has 0 saturated carbocycles. The first kappa shape index (κ1) is 8.10. The zero-order valence-corrected chi connectivity index (χ0v) is 7.62. The average molecular weight is 182 g/mol. The van der Waals surface area contributed by atoms with Crippen molar-refractivity contribution in [2.24, 2.45) is 0 Å². The normalized spacial score (nSPS) is 27.2. The maximum Gasteiger partial charge on any atom is 0.188 e. The van der Waals surface area contributed by atoms with Crippen molar-refractivity contribution in [1.29, 1.82) is 0 Å². The van der Waals surface area contributed by atoms with Gasteiger partial charge in [0, 0.05) is 12.0 Å². The van der Waals surface area contributed by atoms with Crippen LogP contribution < -0.4 is 0 Å². The second-order valence-corrected chi connectivity index (χ2v) is 3.20. The number of thiol groups is 1. The van der Waals surface area contributed by atoms with Crippen LogP contribution >= 0.6 is 12.6 Å². The van der Waals surface area contributed by atoms with E-state index in [1.54, 1.807) is 7.11 Å². The third-order valence-electron chi connectivity index (χ3n) is 1.93. The van der Waals surface area contributed by atoms with Crippen LogP contribution in [-0.4, -0.2) is 13.4 Å². The number of methoxy groups -OCH3 is 1. The lowest BCUT2D eigenvalue weighted by Crippen LogP contribution is -1.91. The number of epoxide rings is 1. The van der Waals surface area contributed by atoms with E-state index in [9.17, 15) is 0 Å². The van der Waals surface area contributed by atoms with E-state index in [0.717, 1.165) is 10.5 Å². The summed E-state index contributed by atoms with van der Waals surface area (Å²) >= 11 is 4.32. The minimum atomic E-state index is -0.0710. The van der Waals surface area contributed by atoms with Crippen LogP contribution in [0.15, 0.2) is 29.2 Å². The molecule has 2 atom stereocenters. The molecule has 1 aromatic rings. The minimum Gasteiger partial charge on any atom is -0.353 e. The predicted octanol–water partition coefficient (Wildman–Crippen LogP) is 2.02. The van der Waals surface area contributed by atoms with Crippen molar-refractivity contribution in [2.75, 3.05) is 7.11 Å². The maximum atomic E-state index is 5.26. The first-order valence-corrected chi connectivity index (χ1v) is 4.24. The average Bonchev–Trinajstić information content (AvgIpc) is 2.84. The van der Waals surface area contributed by atoms with Crippen molar-refractivity contribution >= 4 is 12.6 Å². The van der Waals surface area contributed by atoms with Gasteiger partial charge in [0.15, 0.2) is 6.29 Å². The molecule has 1 saturated heterocycles. The molecule has 0 N–H and O–H groups in total. The molecule has 0 spiro atoms. The molecule has 1 fully saturated rings. The van der Waals surface area contributed by atoms with Gasteiger partial charge in [-0.1, -0.05) is 18.2 Å². The zero-order chi connectivity index (χ0) is 8.55. The predicted molar refractivity (Wildman–Crippen MR) is 48.3 cm³/mol. The van der Waals surface area contributed by atoms with Crippen LogP contribution in [0, 0.1) is 0 Å². The molecule has 0 amide bonds. The van der Waals surface area contributed by atoms with Crippen LogP contribution in [-0.2, 0) is 9.47 Å². The first-order chi connectivity index (χ1) is 5.83. The van der Waals surface area contributed by atoms with E-state index in [2.05, 4.69) is 12.6 Å². The highest BCUT2D eigenvalue weighted by atomic mass is 32.1. The Morgan fingerprint density at radius 2 is 2.17 bits per heavy atom. The van der Waals surface area contributed by atoms with E-state index in [0.29, 0.717) is 0 Å². The standard InChI is InChI=1S/C9H10O2S/c1-10-9-8(11-9)6-4-2-3-5-7(6)12/h2-5,8-9,12H,1H3. The molecule has 12 heavy (non-hydrogen) atoms. The van der Waals surface area contributed by atoms with E-state index in [1.165, 1.54) is 0 Å². The summed E-state index contributed by atoms with van der Waals surface area (Å²) in [6.45, 7) is 0. The van der Waals surface area contributed by atoms with E-state index < -0.39 is 0 Å². The molecule has 2 nitrogen and oxygen atoms in total. The molecule has 64 valence electrons. The lowest BCUT2D eigenvalue weighted by Gasteiger charge is -1.98. The van der Waals surface area contributed by atoms with Crippen molar-refractivity contribution < 1.29 is 9.47 Å². The molecular formula is C9H10O2S. The minimum absolute atomic E-state index is 0.0710. The third kappa shape index (κ3) is 1.35. The number of ether oxygens (including phenoxy) is 2. The van der Waals surface area contributed by atoms with Crippen LogP contribution in [0.2, 0.25) is 0 Å². The smallest absolute Gasteiger partial charge is 0.188 e. The fourth-order valence-corrected chi connectivity index (χ4v) is 1.51. The number of hydrogen-bond donors (Lipinski definition) is 1. The van der Waals surface area contributed by atoms with Gasteiger partial charge in [-0.3, -0.25) is 0 Å². The van der Waals surface area contributed by atoms with Gasteiger partial charge in [0.05, 0.1) is 0 Å². The molecule has 0 aromatic heterocycles. The summed E-state index contributed by atoms with van der Waals surface area (Å²) in [4.78, 5) is 0.960. The molecule has 2 rings (SSSR count). The van der Waals surface area contributed by atoms with Crippen molar-refractivity contribution in [1.82, 2.24) is 0 Å². The van der Waals surface area contributed by atoms with E-state index in [1.807, 2.05) is 24.3 Å². The van der Waals surface area contributed by atoms with Crippen LogP contribution in [0.5, 0.6) is 0 Å². The van der Waals surface area contributed by atoms with Crippen molar-refractivity contribution in [3.05, 3.63) is 29.8 Å². The summed E-state index contributed by atoms with van der Waals surface area (Å²) in [5.41, 5.74) is 1.10. The highest BCUT2D eigenvalue weighted by molar-refractivity contribution is 7.80. The highest BCUT2D eigenvalue weighted by Gasteiger charge is 2.41.